The molecule has 1 aliphatic carbocycles. The fraction of sp³-hybridized carbons (Fsp3) is 0.368. The first-order valence-electron chi connectivity index (χ1n) is 8.43. The summed E-state index contributed by atoms with van der Waals surface area (Å²) in [6, 6.07) is 10.5. The Hall–Kier alpha value is -2.21. The van der Waals surface area contributed by atoms with Gasteiger partial charge in [0.2, 0.25) is 5.88 Å². The molecule has 0 amide bonds. The number of benzene rings is 1. The van der Waals surface area contributed by atoms with Crippen molar-refractivity contribution in [2.45, 2.75) is 31.1 Å². The quantitative estimate of drug-likeness (QED) is 0.790. The number of rotatable bonds is 5. The third-order valence-electron chi connectivity index (χ3n) is 4.82. The number of nitrogens with zero attached hydrogens (tertiary/aromatic N) is 1. The van der Waals surface area contributed by atoms with Crippen LogP contribution < -0.4 is 15.4 Å². The summed E-state index contributed by atoms with van der Waals surface area (Å²) in [6.45, 7) is 0.715. The van der Waals surface area contributed by atoms with Crippen molar-refractivity contribution in [2.24, 2.45) is 0 Å². The number of pyridine rings is 1. The minimum absolute atomic E-state index is 0.00152. The monoisotopic (exact) mass is 359 g/mol. The number of halogens is 1. The van der Waals surface area contributed by atoms with Crippen LogP contribution in [0.15, 0.2) is 42.6 Å². The minimum Gasteiger partial charge on any atom is -0.480 e. The normalized spacial score (nSPS) is 15.6. The zero-order valence-corrected chi connectivity index (χ0v) is 15.0. The van der Waals surface area contributed by atoms with Crippen LogP contribution in [-0.2, 0) is 5.41 Å². The molecular formula is C19H22FN3OS. The highest BCUT2D eigenvalue weighted by atomic mass is 32.1. The van der Waals surface area contributed by atoms with Crippen LogP contribution in [0.1, 0.15) is 31.2 Å². The van der Waals surface area contributed by atoms with Gasteiger partial charge in [0.15, 0.2) is 5.11 Å². The maximum absolute atomic E-state index is 13.3. The van der Waals surface area contributed by atoms with E-state index in [2.05, 4.69) is 15.6 Å². The smallest absolute Gasteiger partial charge is 0.237 e. The Morgan fingerprint density at radius 2 is 1.96 bits per heavy atom. The summed E-state index contributed by atoms with van der Waals surface area (Å²) in [4.78, 5) is 4.15. The van der Waals surface area contributed by atoms with Gasteiger partial charge in [0.1, 0.15) is 11.5 Å². The third-order valence-corrected chi connectivity index (χ3v) is 5.06. The molecule has 1 aromatic carbocycles. The van der Waals surface area contributed by atoms with Crippen molar-refractivity contribution >= 4 is 23.0 Å². The van der Waals surface area contributed by atoms with Crippen molar-refractivity contribution in [3.63, 3.8) is 0 Å². The van der Waals surface area contributed by atoms with Gasteiger partial charge in [-0.15, -0.1) is 0 Å². The fourth-order valence-corrected chi connectivity index (χ4v) is 3.67. The van der Waals surface area contributed by atoms with Gasteiger partial charge in [-0.1, -0.05) is 25.0 Å². The predicted octanol–water partition coefficient (Wildman–Crippen LogP) is 4.03. The van der Waals surface area contributed by atoms with Gasteiger partial charge in [-0.25, -0.2) is 9.37 Å². The highest BCUT2D eigenvalue weighted by molar-refractivity contribution is 7.80. The first-order valence-corrected chi connectivity index (χ1v) is 8.84. The van der Waals surface area contributed by atoms with Crippen LogP contribution in [0.25, 0.3) is 0 Å². The SMILES string of the molecule is COc1ncccc1NC(=S)NCC1(c2ccc(F)cc2)CCCC1. The molecule has 0 saturated heterocycles. The molecule has 1 saturated carbocycles. The second kappa shape index (κ2) is 7.78. The second-order valence-corrected chi connectivity index (χ2v) is 6.77. The largest absolute Gasteiger partial charge is 0.480 e. The van der Waals surface area contributed by atoms with E-state index in [0.29, 0.717) is 17.5 Å². The summed E-state index contributed by atoms with van der Waals surface area (Å²) < 4.78 is 18.5. The van der Waals surface area contributed by atoms with Crippen molar-refractivity contribution in [1.82, 2.24) is 10.3 Å². The van der Waals surface area contributed by atoms with Crippen molar-refractivity contribution in [1.29, 1.82) is 0 Å². The van der Waals surface area contributed by atoms with E-state index in [9.17, 15) is 4.39 Å². The summed E-state index contributed by atoms with van der Waals surface area (Å²) in [5.74, 6) is 0.298. The molecule has 0 spiro atoms. The summed E-state index contributed by atoms with van der Waals surface area (Å²) >= 11 is 5.43. The van der Waals surface area contributed by atoms with Gasteiger partial charge in [-0.05, 0) is 54.9 Å². The average molecular weight is 359 g/mol. The van der Waals surface area contributed by atoms with E-state index in [1.165, 1.54) is 30.5 Å². The van der Waals surface area contributed by atoms with E-state index < -0.39 is 0 Å². The Labute approximate surface area is 152 Å². The molecule has 1 fully saturated rings. The van der Waals surface area contributed by atoms with Crippen LogP contribution in [0.5, 0.6) is 5.88 Å². The summed E-state index contributed by atoms with van der Waals surface area (Å²) in [7, 11) is 1.58. The first-order chi connectivity index (χ1) is 12.1. The van der Waals surface area contributed by atoms with Gasteiger partial charge in [-0.2, -0.15) is 0 Å². The predicted molar refractivity (Wildman–Crippen MR) is 102 cm³/mol. The Morgan fingerprint density at radius 1 is 1.24 bits per heavy atom. The standard InChI is InChI=1S/C19H22FN3OS/c1-24-17-16(5-4-12-21-17)23-18(25)22-13-19(10-2-3-11-19)14-6-8-15(20)9-7-14/h4-9,12H,2-3,10-11,13H2,1H3,(H2,22,23,25). The topological polar surface area (TPSA) is 46.2 Å². The van der Waals surface area contributed by atoms with Crippen LogP contribution in [-0.4, -0.2) is 23.8 Å². The molecule has 6 heteroatoms. The van der Waals surface area contributed by atoms with Crippen LogP contribution in [0, 0.1) is 5.82 Å². The molecule has 0 atom stereocenters. The lowest BCUT2D eigenvalue weighted by atomic mass is 9.79. The lowest BCUT2D eigenvalue weighted by molar-refractivity contribution is 0.400. The summed E-state index contributed by atoms with van der Waals surface area (Å²) in [5.41, 5.74) is 1.89. The van der Waals surface area contributed by atoms with Crippen molar-refractivity contribution < 1.29 is 9.13 Å². The van der Waals surface area contributed by atoms with Crippen molar-refractivity contribution in [3.8, 4) is 5.88 Å². The zero-order chi connectivity index (χ0) is 17.7. The molecule has 1 aromatic heterocycles. The molecule has 0 radical (unpaired) electrons. The molecule has 4 nitrogen and oxygen atoms in total. The van der Waals surface area contributed by atoms with Crippen LogP contribution >= 0.6 is 12.2 Å². The number of methoxy groups -OCH3 is 1. The number of hydrogen-bond acceptors (Lipinski definition) is 3. The number of aromatic nitrogens is 1. The number of anilines is 1. The molecule has 2 N–H and O–H groups in total. The number of thiocarbonyl (C=S) groups is 1. The molecule has 0 bridgehead atoms. The molecule has 25 heavy (non-hydrogen) atoms. The molecule has 132 valence electrons. The third kappa shape index (κ3) is 4.07. The van der Waals surface area contributed by atoms with E-state index in [1.54, 1.807) is 13.3 Å². The van der Waals surface area contributed by atoms with E-state index in [4.69, 9.17) is 17.0 Å². The van der Waals surface area contributed by atoms with E-state index in [1.807, 2.05) is 24.3 Å². The summed E-state index contributed by atoms with van der Waals surface area (Å²) in [6.07, 6.45) is 6.17. The van der Waals surface area contributed by atoms with Gasteiger partial charge in [0.25, 0.3) is 0 Å². The number of hydrogen-bond donors (Lipinski definition) is 2. The maximum Gasteiger partial charge on any atom is 0.237 e. The second-order valence-electron chi connectivity index (χ2n) is 6.36. The van der Waals surface area contributed by atoms with E-state index >= 15 is 0 Å². The Kier molecular flexibility index (Phi) is 5.48. The van der Waals surface area contributed by atoms with Crippen LogP contribution in [0.3, 0.4) is 0 Å². The molecular weight excluding hydrogens is 337 g/mol. The average Bonchev–Trinajstić information content (AvgIpc) is 3.11. The van der Waals surface area contributed by atoms with Crippen LogP contribution in [0.4, 0.5) is 10.1 Å². The van der Waals surface area contributed by atoms with Gasteiger partial charge < -0.3 is 15.4 Å². The first kappa shape index (κ1) is 17.6. The Bertz CT molecular complexity index is 730. The van der Waals surface area contributed by atoms with E-state index in [-0.39, 0.29) is 11.2 Å². The molecule has 0 unspecified atom stereocenters. The lowest BCUT2D eigenvalue weighted by Crippen LogP contribution is -2.40. The number of nitrogens with one attached hydrogen (secondary N) is 2. The molecule has 2 aromatic rings. The van der Waals surface area contributed by atoms with Crippen LogP contribution in [0.2, 0.25) is 0 Å². The minimum atomic E-state index is -0.203. The van der Waals surface area contributed by atoms with Gasteiger partial charge in [0.05, 0.1) is 7.11 Å². The van der Waals surface area contributed by atoms with Gasteiger partial charge >= 0.3 is 0 Å². The molecule has 1 heterocycles. The summed E-state index contributed by atoms with van der Waals surface area (Å²) in [5, 5.41) is 6.99. The Balaban J connectivity index is 1.67. The van der Waals surface area contributed by atoms with E-state index in [0.717, 1.165) is 18.5 Å². The fourth-order valence-electron chi connectivity index (χ4n) is 3.49. The lowest BCUT2D eigenvalue weighted by Gasteiger charge is -2.30. The van der Waals surface area contributed by atoms with Crippen molar-refractivity contribution in [2.75, 3.05) is 19.0 Å². The molecule has 3 rings (SSSR count). The van der Waals surface area contributed by atoms with Crippen molar-refractivity contribution in [3.05, 3.63) is 54.0 Å². The highest BCUT2D eigenvalue weighted by Gasteiger charge is 2.35. The highest BCUT2D eigenvalue weighted by Crippen LogP contribution is 2.40. The maximum atomic E-state index is 13.3. The van der Waals surface area contributed by atoms with Gasteiger partial charge in [0, 0.05) is 18.2 Å². The Morgan fingerprint density at radius 3 is 2.64 bits per heavy atom. The van der Waals surface area contributed by atoms with Gasteiger partial charge in [-0.3, -0.25) is 0 Å². The molecule has 1 aliphatic rings. The zero-order valence-electron chi connectivity index (χ0n) is 14.2. The molecule has 0 aliphatic heterocycles. The number of ether oxygens (including phenoxy) is 1.